The number of benzene rings is 1. The first-order chi connectivity index (χ1) is 8.16. The Bertz CT molecular complexity index is 476. The monoisotopic (exact) mass is 266 g/mol. The molecule has 0 aliphatic heterocycles. The van der Waals surface area contributed by atoms with E-state index >= 15 is 0 Å². The van der Waals surface area contributed by atoms with Crippen molar-refractivity contribution in [3.63, 3.8) is 0 Å². The molecule has 0 N–H and O–H groups in total. The summed E-state index contributed by atoms with van der Waals surface area (Å²) in [5, 5.41) is 0.763. The van der Waals surface area contributed by atoms with E-state index in [1.54, 1.807) is 11.3 Å². The molecule has 0 radical (unpaired) electrons. The molecule has 0 aliphatic rings. The fraction of sp³-hybridized carbons (Fsp3) is 0.308. The second kappa shape index (κ2) is 5.63. The fourth-order valence-electron chi connectivity index (χ4n) is 1.62. The lowest BCUT2D eigenvalue weighted by Crippen LogP contribution is -2.14. The molecule has 0 atom stereocenters. The number of rotatable bonds is 4. The van der Waals surface area contributed by atoms with E-state index in [2.05, 4.69) is 24.0 Å². The van der Waals surface area contributed by atoms with Crippen LogP contribution in [0.15, 0.2) is 29.8 Å². The van der Waals surface area contributed by atoms with E-state index in [0.29, 0.717) is 0 Å². The van der Waals surface area contributed by atoms with Crippen molar-refractivity contribution in [3.8, 4) is 11.3 Å². The molecule has 0 fully saturated rings. The number of thiazole rings is 1. The van der Waals surface area contributed by atoms with Crippen molar-refractivity contribution < 1.29 is 0 Å². The van der Waals surface area contributed by atoms with Gasteiger partial charge >= 0.3 is 0 Å². The molecule has 0 unspecified atom stereocenters. The first-order valence-electron chi connectivity index (χ1n) is 5.50. The number of halogens is 1. The summed E-state index contributed by atoms with van der Waals surface area (Å²) in [4.78, 5) is 7.97. The van der Waals surface area contributed by atoms with Gasteiger partial charge in [0.15, 0.2) is 0 Å². The zero-order valence-electron chi connectivity index (χ0n) is 9.98. The molecule has 4 heteroatoms. The zero-order valence-corrected chi connectivity index (χ0v) is 11.6. The summed E-state index contributed by atoms with van der Waals surface area (Å²) in [5.74, 6) is 0. The lowest BCUT2D eigenvalue weighted by Gasteiger charge is -2.09. The zero-order chi connectivity index (χ0) is 12.3. The van der Waals surface area contributed by atoms with Gasteiger partial charge in [0.25, 0.3) is 0 Å². The summed E-state index contributed by atoms with van der Waals surface area (Å²) in [6, 6.07) is 7.87. The van der Waals surface area contributed by atoms with Crippen LogP contribution in [0.25, 0.3) is 11.3 Å². The van der Waals surface area contributed by atoms with Crippen molar-refractivity contribution in [1.82, 2.24) is 9.88 Å². The molecule has 1 aromatic heterocycles. The average molecular weight is 267 g/mol. The predicted octanol–water partition coefficient (Wildman–Crippen LogP) is 3.57. The van der Waals surface area contributed by atoms with Gasteiger partial charge in [0.05, 0.1) is 11.2 Å². The van der Waals surface area contributed by atoms with Crippen LogP contribution in [-0.2, 0) is 6.42 Å². The summed E-state index contributed by atoms with van der Waals surface area (Å²) in [7, 11) is 4.17. The minimum atomic E-state index is 0.763. The first kappa shape index (κ1) is 12.6. The largest absolute Gasteiger partial charge is 0.309 e. The Kier molecular flexibility index (Phi) is 4.15. The fourth-order valence-corrected chi connectivity index (χ4v) is 2.52. The molecule has 17 heavy (non-hydrogen) atoms. The second-order valence-electron chi connectivity index (χ2n) is 4.18. The van der Waals surface area contributed by atoms with Crippen LogP contribution >= 0.6 is 22.9 Å². The highest BCUT2D eigenvalue weighted by molar-refractivity contribution is 7.10. The number of likely N-dealkylation sites (N-methyl/N-ethyl adjacent to an activating group) is 1. The normalized spacial score (nSPS) is 11.1. The van der Waals surface area contributed by atoms with Crippen molar-refractivity contribution >= 4 is 22.9 Å². The van der Waals surface area contributed by atoms with Crippen molar-refractivity contribution in [2.24, 2.45) is 0 Å². The Morgan fingerprint density at radius 2 is 1.94 bits per heavy atom. The SMILES string of the molecule is CN(C)CCc1scnc1-c1ccc(Cl)cc1. The standard InChI is InChI=1S/C13H15ClN2S/c1-16(2)8-7-12-13(15-9-17-12)10-3-5-11(14)6-4-10/h3-6,9H,7-8H2,1-2H3. The smallest absolute Gasteiger partial charge is 0.0843 e. The third kappa shape index (κ3) is 3.28. The van der Waals surface area contributed by atoms with E-state index in [0.717, 1.165) is 29.2 Å². The van der Waals surface area contributed by atoms with Crippen LogP contribution in [0.4, 0.5) is 0 Å². The van der Waals surface area contributed by atoms with E-state index in [-0.39, 0.29) is 0 Å². The summed E-state index contributed by atoms with van der Waals surface area (Å²) >= 11 is 7.61. The molecule has 0 saturated heterocycles. The molecule has 90 valence electrons. The molecule has 1 heterocycles. The highest BCUT2D eigenvalue weighted by atomic mass is 35.5. The van der Waals surface area contributed by atoms with Gasteiger partial charge in [0.2, 0.25) is 0 Å². The Morgan fingerprint density at radius 3 is 2.59 bits per heavy atom. The third-order valence-electron chi connectivity index (χ3n) is 2.54. The molecule has 0 spiro atoms. The maximum atomic E-state index is 5.89. The minimum absolute atomic E-state index is 0.763. The molecule has 2 nitrogen and oxygen atoms in total. The quantitative estimate of drug-likeness (QED) is 0.841. The molecule has 0 amide bonds. The van der Waals surface area contributed by atoms with Crippen LogP contribution in [0.1, 0.15) is 4.88 Å². The van der Waals surface area contributed by atoms with Gasteiger partial charge < -0.3 is 4.90 Å². The summed E-state index contributed by atoms with van der Waals surface area (Å²) < 4.78 is 0. The molecule has 0 aliphatic carbocycles. The van der Waals surface area contributed by atoms with Crippen LogP contribution in [0, 0.1) is 0 Å². The predicted molar refractivity (Wildman–Crippen MR) is 74.8 cm³/mol. The first-order valence-corrected chi connectivity index (χ1v) is 6.75. The van der Waals surface area contributed by atoms with Crippen LogP contribution in [0.3, 0.4) is 0 Å². The Hall–Kier alpha value is -0.900. The Morgan fingerprint density at radius 1 is 1.24 bits per heavy atom. The molecule has 2 rings (SSSR count). The van der Waals surface area contributed by atoms with E-state index in [9.17, 15) is 0 Å². The molecule has 0 bridgehead atoms. The van der Waals surface area contributed by atoms with Crippen LogP contribution in [-0.4, -0.2) is 30.5 Å². The number of aromatic nitrogens is 1. The van der Waals surface area contributed by atoms with Crippen molar-refractivity contribution in [2.45, 2.75) is 6.42 Å². The van der Waals surface area contributed by atoms with Crippen LogP contribution in [0.2, 0.25) is 5.02 Å². The lowest BCUT2D eigenvalue weighted by atomic mass is 10.1. The number of hydrogen-bond donors (Lipinski definition) is 0. The van der Waals surface area contributed by atoms with E-state index in [1.807, 2.05) is 29.8 Å². The maximum absolute atomic E-state index is 5.89. The Labute approximate surface area is 111 Å². The van der Waals surface area contributed by atoms with Gasteiger partial charge in [0, 0.05) is 22.0 Å². The van der Waals surface area contributed by atoms with Gasteiger partial charge in [-0.05, 0) is 32.6 Å². The van der Waals surface area contributed by atoms with Crippen LogP contribution < -0.4 is 0 Å². The summed E-state index contributed by atoms with van der Waals surface area (Å²) in [6.45, 7) is 1.04. The van der Waals surface area contributed by atoms with Gasteiger partial charge in [-0.25, -0.2) is 4.98 Å². The minimum Gasteiger partial charge on any atom is -0.309 e. The van der Waals surface area contributed by atoms with Crippen molar-refractivity contribution in [1.29, 1.82) is 0 Å². The topological polar surface area (TPSA) is 16.1 Å². The third-order valence-corrected chi connectivity index (χ3v) is 3.69. The Balaban J connectivity index is 2.21. The average Bonchev–Trinajstić information content (AvgIpc) is 2.75. The summed E-state index contributed by atoms with van der Waals surface area (Å²) in [6.07, 6.45) is 1.04. The summed E-state index contributed by atoms with van der Waals surface area (Å²) in [5.41, 5.74) is 4.15. The van der Waals surface area contributed by atoms with Crippen molar-refractivity contribution in [2.75, 3.05) is 20.6 Å². The molecule has 1 aromatic carbocycles. The number of nitrogens with zero attached hydrogens (tertiary/aromatic N) is 2. The van der Waals surface area contributed by atoms with Gasteiger partial charge in [-0.3, -0.25) is 0 Å². The van der Waals surface area contributed by atoms with E-state index < -0.39 is 0 Å². The lowest BCUT2D eigenvalue weighted by molar-refractivity contribution is 0.415. The van der Waals surface area contributed by atoms with Crippen LogP contribution in [0.5, 0.6) is 0 Å². The molecular weight excluding hydrogens is 252 g/mol. The highest BCUT2D eigenvalue weighted by Gasteiger charge is 2.08. The van der Waals surface area contributed by atoms with Gasteiger partial charge in [0.1, 0.15) is 0 Å². The molecule has 2 aromatic rings. The van der Waals surface area contributed by atoms with Gasteiger partial charge in [-0.1, -0.05) is 23.7 Å². The van der Waals surface area contributed by atoms with E-state index in [1.165, 1.54) is 4.88 Å². The van der Waals surface area contributed by atoms with Gasteiger partial charge in [-0.2, -0.15) is 0 Å². The molecular formula is C13H15ClN2S. The van der Waals surface area contributed by atoms with Crippen molar-refractivity contribution in [3.05, 3.63) is 39.7 Å². The maximum Gasteiger partial charge on any atom is 0.0843 e. The second-order valence-corrected chi connectivity index (χ2v) is 5.56. The van der Waals surface area contributed by atoms with E-state index in [4.69, 9.17) is 11.6 Å². The number of hydrogen-bond acceptors (Lipinski definition) is 3. The highest BCUT2D eigenvalue weighted by Crippen LogP contribution is 2.26. The van der Waals surface area contributed by atoms with Gasteiger partial charge in [-0.15, -0.1) is 11.3 Å². The molecule has 0 saturated carbocycles.